The fourth-order valence-corrected chi connectivity index (χ4v) is 2.28. The van der Waals surface area contributed by atoms with Crippen LogP contribution in [0.15, 0.2) is 30.7 Å². The second kappa shape index (κ2) is 8.47. The Morgan fingerprint density at radius 2 is 1.74 bits per heavy atom. The van der Waals surface area contributed by atoms with E-state index in [2.05, 4.69) is 40.5 Å². The molecule has 160 valence electrons. The number of rotatable bonds is 5. The number of pyridine rings is 1. The summed E-state index contributed by atoms with van der Waals surface area (Å²) in [6, 6.07) is 4.26. The molecule has 9 nitrogen and oxygen atoms in total. The van der Waals surface area contributed by atoms with Gasteiger partial charge in [-0.15, -0.1) is 0 Å². The molecule has 0 amide bonds. The van der Waals surface area contributed by atoms with Gasteiger partial charge in [0, 0.05) is 18.9 Å². The average molecular weight is 429 g/mol. The number of aromatic nitrogens is 6. The van der Waals surface area contributed by atoms with Gasteiger partial charge in [0.05, 0.1) is 17.4 Å². The summed E-state index contributed by atoms with van der Waals surface area (Å²) in [6.07, 6.45) is -0.808. The molecule has 0 aliphatic rings. The first-order valence-corrected chi connectivity index (χ1v) is 9.06. The number of alkyl halides is 3. The first-order valence-electron chi connectivity index (χ1n) is 9.06. The maximum atomic E-state index is 13.1. The largest absolute Gasteiger partial charge is 0.433 e. The molecule has 3 aromatic heterocycles. The van der Waals surface area contributed by atoms with Gasteiger partial charge in [-0.25, -0.2) is 9.97 Å². The maximum Gasteiger partial charge on any atom is 0.433 e. The molecule has 3 rings (SSSR count). The Kier molecular flexibility index (Phi) is 5.96. The molecule has 0 radical (unpaired) electrons. The zero-order valence-corrected chi connectivity index (χ0v) is 16.9. The van der Waals surface area contributed by atoms with Gasteiger partial charge in [-0.3, -0.25) is 4.98 Å². The molecule has 0 aliphatic carbocycles. The van der Waals surface area contributed by atoms with Crippen LogP contribution in [-0.2, 0) is 6.18 Å². The number of hydrogen-bond acceptors (Lipinski definition) is 9. The third-order valence-electron chi connectivity index (χ3n) is 3.68. The SMILES string of the molecule is CC(C)(C)CNc1nc(Nc2cncc(C#N)c2)nc(-c2nccc(C(F)(F)F)n2)n1. The molecule has 3 heterocycles. The Hall–Kier alpha value is -3.88. The zero-order valence-electron chi connectivity index (χ0n) is 16.9. The van der Waals surface area contributed by atoms with Gasteiger partial charge < -0.3 is 10.6 Å². The lowest BCUT2D eigenvalue weighted by Crippen LogP contribution is -2.21. The van der Waals surface area contributed by atoms with Crippen LogP contribution in [0.1, 0.15) is 32.0 Å². The van der Waals surface area contributed by atoms with Crippen molar-refractivity contribution in [3.8, 4) is 17.7 Å². The minimum Gasteiger partial charge on any atom is -0.354 e. The second-order valence-electron chi connectivity index (χ2n) is 7.68. The molecule has 0 unspecified atom stereocenters. The highest BCUT2D eigenvalue weighted by Gasteiger charge is 2.33. The van der Waals surface area contributed by atoms with E-state index in [9.17, 15) is 13.2 Å². The molecule has 31 heavy (non-hydrogen) atoms. The van der Waals surface area contributed by atoms with Crippen LogP contribution < -0.4 is 10.6 Å². The van der Waals surface area contributed by atoms with Gasteiger partial charge in [-0.1, -0.05) is 20.8 Å². The molecule has 0 atom stereocenters. The highest BCUT2D eigenvalue weighted by atomic mass is 19.4. The van der Waals surface area contributed by atoms with Crippen molar-refractivity contribution in [2.45, 2.75) is 26.9 Å². The molecular formula is C19H18F3N9. The fraction of sp³-hybridized carbons (Fsp3) is 0.316. The van der Waals surface area contributed by atoms with E-state index >= 15 is 0 Å². The van der Waals surface area contributed by atoms with Crippen molar-refractivity contribution in [2.24, 2.45) is 5.41 Å². The number of hydrogen-bond donors (Lipinski definition) is 2. The predicted molar refractivity (Wildman–Crippen MR) is 106 cm³/mol. The summed E-state index contributed by atoms with van der Waals surface area (Å²) < 4.78 is 39.2. The van der Waals surface area contributed by atoms with Gasteiger partial charge >= 0.3 is 6.18 Å². The Morgan fingerprint density at radius 3 is 2.42 bits per heavy atom. The van der Waals surface area contributed by atoms with E-state index < -0.39 is 11.9 Å². The van der Waals surface area contributed by atoms with Crippen LogP contribution in [-0.4, -0.2) is 36.4 Å². The van der Waals surface area contributed by atoms with Crippen LogP contribution in [0.4, 0.5) is 30.8 Å². The minimum atomic E-state index is -4.64. The van der Waals surface area contributed by atoms with Crippen LogP contribution in [0.5, 0.6) is 0 Å². The van der Waals surface area contributed by atoms with E-state index in [1.165, 1.54) is 18.5 Å². The summed E-state index contributed by atoms with van der Waals surface area (Å²) in [7, 11) is 0. The van der Waals surface area contributed by atoms with Crippen molar-refractivity contribution >= 4 is 17.6 Å². The standard InChI is InChI=1S/C19H18F3N9/c1-18(2,3)10-26-16-29-15(14-25-5-4-13(28-14)19(20,21)22)30-17(31-16)27-12-6-11(7-23)8-24-9-12/h4-6,8-9H,10H2,1-3H3,(H2,26,27,29,30,31). The van der Waals surface area contributed by atoms with Gasteiger partial charge in [0.2, 0.25) is 17.7 Å². The van der Waals surface area contributed by atoms with E-state index in [0.29, 0.717) is 17.8 Å². The maximum absolute atomic E-state index is 13.1. The summed E-state index contributed by atoms with van der Waals surface area (Å²) in [5, 5.41) is 14.9. The van der Waals surface area contributed by atoms with Crippen LogP contribution in [0.2, 0.25) is 0 Å². The second-order valence-corrected chi connectivity index (χ2v) is 7.68. The number of nitrogens with one attached hydrogen (secondary N) is 2. The van der Waals surface area contributed by atoms with E-state index in [-0.39, 0.29) is 29.0 Å². The molecular weight excluding hydrogens is 411 g/mol. The molecule has 0 saturated heterocycles. The van der Waals surface area contributed by atoms with Gasteiger partial charge in [0.15, 0.2) is 5.82 Å². The van der Waals surface area contributed by atoms with E-state index in [0.717, 1.165) is 12.3 Å². The third kappa shape index (κ3) is 6.05. The monoisotopic (exact) mass is 429 g/mol. The lowest BCUT2D eigenvalue weighted by atomic mass is 9.97. The van der Waals surface area contributed by atoms with Crippen molar-refractivity contribution in [3.63, 3.8) is 0 Å². The smallest absolute Gasteiger partial charge is 0.354 e. The fourth-order valence-electron chi connectivity index (χ4n) is 2.28. The Balaban J connectivity index is 2.02. The van der Waals surface area contributed by atoms with Gasteiger partial charge in [0.25, 0.3) is 0 Å². The summed E-state index contributed by atoms with van der Waals surface area (Å²) >= 11 is 0. The van der Waals surface area contributed by atoms with Crippen LogP contribution in [0, 0.1) is 16.7 Å². The van der Waals surface area contributed by atoms with Crippen molar-refractivity contribution in [1.82, 2.24) is 29.9 Å². The van der Waals surface area contributed by atoms with Crippen molar-refractivity contribution < 1.29 is 13.2 Å². The summed E-state index contributed by atoms with van der Waals surface area (Å²) in [5.74, 6) is -0.292. The zero-order chi connectivity index (χ0) is 22.6. The normalized spacial score (nSPS) is 11.6. The number of nitriles is 1. The number of anilines is 3. The molecule has 0 aliphatic heterocycles. The molecule has 2 N–H and O–H groups in total. The van der Waals surface area contributed by atoms with Gasteiger partial charge in [0.1, 0.15) is 11.8 Å². The summed E-state index contributed by atoms with van der Waals surface area (Å²) in [4.78, 5) is 23.9. The highest BCUT2D eigenvalue weighted by Crippen LogP contribution is 2.28. The lowest BCUT2D eigenvalue weighted by Gasteiger charge is -2.19. The summed E-state index contributed by atoms with van der Waals surface area (Å²) in [6.45, 7) is 6.48. The van der Waals surface area contributed by atoms with Gasteiger partial charge in [-0.05, 0) is 17.5 Å². The average Bonchev–Trinajstić information content (AvgIpc) is 2.71. The molecule has 0 saturated carbocycles. The van der Waals surface area contributed by atoms with E-state index in [1.807, 2.05) is 26.8 Å². The minimum absolute atomic E-state index is 0.0271. The summed E-state index contributed by atoms with van der Waals surface area (Å²) in [5.41, 5.74) is -0.491. The van der Waals surface area contributed by atoms with Crippen LogP contribution >= 0.6 is 0 Å². The predicted octanol–water partition coefficient (Wildman–Crippen LogP) is 3.82. The van der Waals surface area contributed by atoms with Gasteiger partial charge in [-0.2, -0.15) is 33.4 Å². The number of halogens is 3. The lowest BCUT2D eigenvalue weighted by molar-refractivity contribution is -0.141. The van der Waals surface area contributed by atoms with E-state index in [4.69, 9.17) is 5.26 Å². The van der Waals surface area contributed by atoms with Crippen molar-refractivity contribution in [1.29, 1.82) is 5.26 Å². The molecule has 3 aromatic rings. The van der Waals surface area contributed by atoms with Crippen LogP contribution in [0.3, 0.4) is 0 Å². The third-order valence-corrected chi connectivity index (χ3v) is 3.68. The molecule has 0 spiro atoms. The topological polar surface area (TPSA) is 125 Å². The van der Waals surface area contributed by atoms with Crippen molar-refractivity contribution in [2.75, 3.05) is 17.2 Å². The first-order chi connectivity index (χ1) is 14.5. The Morgan fingerprint density at radius 1 is 1.00 bits per heavy atom. The Bertz CT molecular complexity index is 1120. The first kappa shape index (κ1) is 21.8. The van der Waals surface area contributed by atoms with Crippen molar-refractivity contribution in [3.05, 3.63) is 42.0 Å². The molecule has 0 fully saturated rings. The number of nitrogens with zero attached hydrogens (tertiary/aromatic N) is 7. The highest BCUT2D eigenvalue weighted by molar-refractivity contribution is 5.58. The van der Waals surface area contributed by atoms with E-state index in [1.54, 1.807) is 0 Å². The van der Waals surface area contributed by atoms with Crippen LogP contribution in [0.25, 0.3) is 11.6 Å². The molecule has 12 heteroatoms. The molecule has 0 bridgehead atoms. The quantitative estimate of drug-likeness (QED) is 0.622. The molecule has 0 aromatic carbocycles. The Labute approximate surface area is 175 Å².